The smallest absolute Gasteiger partial charge is 0.340 e. The van der Waals surface area contributed by atoms with Crippen molar-refractivity contribution in [3.8, 4) is 23.0 Å². The SMILES string of the molecule is O=C1OC2(c3ccc(O)cc3Oc3cc(O)ccc32)c2ccccc21.[Zn]. The van der Waals surface area contributed by atoms with Gasteiger partial charge < -0.3 is 19.7 Å². The molecule has 124 valence electrons. The first-order chi connectivity index (χ1) is 12.1. The Balaban J connectivity index is 0.00000168. The molecule has 0 atom stereocenters. The first-order valence-electron chi connectivity index (χ1n) is 7.77. The third-order valence-electron chi connectivity index (χ3n) is 4.68. The number of carbonyl (C=O) groups excluding carboxylic acids is 1. The van der Waals surface area contributed by atoms with E-state index < -0.39 is 11.6 Å². The van der Waals surface area contributed by atoms with Gasteiger partial charge in [-0.05, 0) is 30.3 Å². The molecule has 0 saturated carbocycles. The minimum Gasteiger partial charge on any atom is -0.508 e. The fraction of sp³-hybridized carbons (Fsp3) is 0.0500. The number of esters is 1. The number of hydrogen-bond donors (Lipinski definition) is 2. The molecule has 26 heavy (non-hydrogen) atoms. The summed E-state index contributed by atoms with van der Waals surface area (Å²) in [5, 5.41) is 19.7. The maximum atomic E-state index is 12.5. The van der Waals surface area contributed by atoms with Crippen molar-refractivity contribution in [1.29, 1.82) is 0 Å². The van der Waals surface area contributed by atoms with Gasteiger partial charge >= 0.3 is 5.97 Å². The molecule has 3 aromatic carbocycles. The van der Waals surface area contributed by atoms with Gasteiger partial charge in [0.05, 0.1) is 5.56 Å². The van der Waals surface area contributed by atoms with Gasteiger partial charge in [-0.25, -0.2) is 4.79 Å². The molecule has 1 spiro atoms. The Hall–Kier alpha value is -2.85. The van der Waals surface area contributed by atoms with Gasteiger partial charge in [-0.15, -0.1) is 0 Å². The normalized spacial score (nSPS) is 15.2. The van der Waals surface area contributed by atoms with Gasteiger partial charge in [0.1, 0.15) is 23.0 Å². The second-order valence-corrected chi connectivity index (χ2v) is 6.08. The van der Waals surface area contributed by atoms with Crippen molar-refractivity contribution in [2.75, 3.05) is 0 Å². The summed E-state index contributed by atoms with van der Waals surface area (Å²) in [6.07, 6.45) is 0. The number of fused-ring (bicyclic) bond motifs is 6. The number of phenols is 2. The zero-order chi connectivity index (χ0) is 17.2. The first-order valence-corrected chi connectivity index (χ1v) is 7.77. The Morgan fingerprint density at radius 2 is 1.35 bits per heavy atom. The van der Waals surface area contributed by atoms with E-state index >= 15 is 0 Å². The predicted molar refractivity (Wildman–Crippen MR) is 88.0 cm³/mol. The second-order valence-electron chi connectivity index (χ2n) is 6.08. The van der Waals surface area contributed by atoms with Crippen molar-refractivity contribution in [1.82, 2.24) is 0 Å². The van der Waals surface area contributed by atoms with Crippen molar-refractivity contribution in [2.45, 2.75) is 5.60 Å². The molecule has 5 nitrogen and oxygen atoms in total. The summed E-state index contributed by atoms with van der Waals surface area (Å²) in [6.45, 7) is 0. The number of ether oxygens (including phenoxy) is 2. The van der Waals surface area contributed by atoms with E-state index in [2.05, 4.69) is 0 Å². The molecule has 0 bridgehead atoms. The number of phenolic OH excluding ortho intramolecular Hbond substituents is 2. The van der Waals surface area contributed by atoms with Crippen LogP contribution < -0.4 is 4.74 Å². The Kier molecular flexibility index (Phi) is 3.56. The van der Waals surface area contributed by atoms with E-state index in [4.69, 9.17) is 9.47 Å². The average Bonchev–Trinajstić information content (AvgIpc) is 2.88. The molecule has 0 fully saturated rings. The van der Waals surface area contributed by atoms with E-state index in [0.717, 1.165) is 0 Å². The van der Waals surface area contributed by atoms with Crippen molar-refractivity contribution >= 4 is 5.97 Å². The van der Waals surface area contributed by atoms with Crippen molar-refractivity contribution < 1.29 is 44.0 Å². The van der Waals surface area contributed by atoms with E-state index in [9.17, 15) is 15.0 Å². The summed E-state index contributed by atoms with van der Waals surface area (Å²) in [5.41, 5.74) is 1.28. The largest absolute Gasteiger partial charge is 0.508 e. The third kappa shape index (κ3) is 2.02. The molecule has 5 rings (SSSR count). The zero-order valence-electron chi connectivity index (χ0n) is 13.6. The quantitative estimate of drug-likeness (QED) is 0.447. The predicted octanol–water partition coefficient (Wildman–Crippen LogP) is 3.66. The third-order valence-corrected chi connectivity index (χ3v) is 4.68. The van der Waals surface area contributed by atoms with Crippen LogP contribution in [-0.4, -0.2) is 16.2 Å². The van der Waals surface area contributed by atoms with Gasteiger partial charge in [0.25, 0.3) is 0 Å². The first kappa shape index (κ1) is 16.6. The summed E-state index contributed by atoms with van der Waals surface area (Å²) in [6, 6.07) is 16.6. The van der Waals surface area contributed by atoms with Crippen LogP contribution in [0.5, 0.6) is 23.0 Å². The number of hydrogen-bond acceptors (Lipinski definition) is 5. The molecule has 0 radical (unpaired) electrons. The summed E-state index contributed by atoms with van der Waals surface area (Å²) in [4.78, 5) is 12.5. The van der Waals surface area contributed by atoms with E-state index in [1.54, 1.807) is 24.3 Å². The minimum atomic E-state index is -1.17. The van der Waals surface area contributed by atoms with Crippen LogP contribution in [0.3, 0.4) is 0 Å². The van der Waals surface area contributed by atoms with Crippen LogP contribution in [0, 0.1) is 0 Å². The van der Waals surface area contributed by atoms with Crippen LogP contribution in [0.4, 0.5) is 0 Å². The van der Waals surface area contributed by atoms with Crippen LogP contribution in [0.1, 0.15) is 27.0 Å². The Labute approximate surface area is 161 Å². The van der Waals surface area contributed by atoms with Gasteiger partial charge in [0.15, 0.2) is 5.60 Å². The summed E-state index contributed by atoms with van der Waals surface area (Å²) in [5.74, 6) is 0.408. The summed E-state index contributed by atoms with van der Waals surface area (Å²) >= 11 is 0. The molecular weight excluding hydrogens is 386 g/mol. The van der Waals surface area contributed by atoms with Crippen molar-refractivity contribution in [2.24, 2.45) is 0 Å². The Morgan fingerprint density at radius 3 is 1.96 bits per heavy atom. The number of aromatic hydroxyl groups is 2. The molecule has 0 aromatic heterocycles. The maximum absolute atomic E-state index is 12.5. The van der Waals surface area contributed by atoms with E-state index in [1.807, 2.05) is 12.1 Å². The Morgan fingerprint density at radius 1 is 0.769 bits per heavy atom. The number of benzene rings is 3. The van der Waals surface area contributed by atoms with Crippen LogP contribution >= 0.6 is 0 Å². The zero-order valence-corrected chi connectivity index (χ0v) is 16.6. The standard InChI is InChI=1S/C20H12O5.Zn/c21-11-5-7-15-17(9-11)24-18-10-12(22)6-8-16(18)20(15)14-4-2-1-3-13(14)19(23)25-20;/h1-10,21-22H;. The van der Waals surface area contributed by atoms with Crippen molar-refractivity contribution in [3.63, 3.8) is 0 Å². The average molecular weight is 398 g/mol. The molecule has 2 aliphatic rings. The van der Waals surface area contributed by atoms with Gasteiger partial charge in [0, 0.05) is 48.3 Å². The topological polar surface area (TPSA) is 76.0 Å². The summed E-state index contributed by atoms with van der Waals surface area (Å²) in [7, 11) is 0. The molecule has 6 heteroatoms. The maximum Gasteiger partial charge on any atom is 0.340 e. The van der Waals surface area contributed by atoms with E-state index in [-0.39, 0.29) is 31.0 Å². The van der Waals surface area contributed by atoms with Gasteiger partial charge in [0.2, 0.25) is 0 Å². The molecule has 2 heterocycles. The Bertz CT molecular complexity index is 1010. The molecular formula is C20H12O5Zn. The van der Waals surface area contributed by atoms with Gasteiger partial charge in [-0.2, -0.15) is 0 Å². The minimum absolute atomic E-state index is 0. The van der Waals surface area contributed by atoms with Gasteiger partial charge in [-0.3, -0.25) is 0 Å². The fourth-order valence-electron chi connectivity index (χ4n) is 3.65. The molecule has 2 N–H and O–H groups in total. The van der Waals surface area contributed by atoms with Crippen LogP contribution in [0.25, 0.3) is 0 Å². The molecule has 3 aromatic rings. The van der Waals surface area contributed by atoms with Crippen LogP contribution in [0.15, 0.2) is 60.7 Å². The second kappa shape index (κ2) is 5.58. The van der Waals surface area contributed by atoms with E-state index in [0.29, 0.717) is 33.8 Å². The van der Waals surface area contributed by atoms with E-state index in [1.165, 1.54) is 24.3 Å². The van der Waals surface area contributed by atoms with Crippen molar-refractivity contribution in [3.05, 3.63) is 82.9 Å². The number of carbonyl (C=O) groups is 1. The molecule has 0 amide bonds. The molecule has 0 aliphatic carbocycles. The molecule has 2 aliphatic heterocycles. The monoisotopic (exact) mass is 396 g/mol. The van der Waals surface area contributed by atoms with Gasteiger partial charge in [-0.1, -0.05) is 18.2 Å². The molecule has 0 saturated heterocycles. The van der Waals surface area contributed by atoms with Crippen LogP contribution in [0.2, 0.25) is 0 Å². The summed E-state index contributed by atoms with van der Waals surface area (Å²) < 4.78 is 11.8. The fourth-order valence-corrected chi connectivity index (χ4v) is 3.65. The number of rotatable bonds is 0. The molecule has 0 unspecified atom stereocenters. The van der Waals surface area contributed by atoms with Crippen LogP contribution in [-0.2, 0) is 29.8 Å².